The molecule has 1 saturated heterocycles. The summed E-state index contributed by atoms with van der Waals surface area (Å²) in [7, 11) is 0. The molecule has 1 aromatic carbocycles. The predicted octanol–water partition coefficient (Wildman–Crippen LogP) is 1.75. The number of hydrogen-bond acceptors (Lipinski definition) is 3. The highest BCUT2D eigenvalue weighted by Crippen LogP contribution is 2.19. The molecule has 3 N–H and O–H groups in total. The number of rotatable bonds is 5. The minimum Gasteiger partial charge on any atom is -0.351 e. The van der Waals surface area contributed by atoms with Crippen molar-refractivity contribution >= 4 is 18.0 Å². The minimum absolute atomic E-state index is 0.290. The lowest BCUT2D eigenvalue weighted by Gasteiger charge is -2.21. The molecule has 2 rings (SSSR count). The van der Waals surface area contributed by atoms with Crippen LogP contribution in [0.4, 0.5) is 4.79 Å². The second-order valence-corrected chi connectivity index (χ2v) is 5.18. The number of urea groups is 1. The first kappa shape index (κ1) is 15.3. The monoisotopic (exact) mass is 287 g/mol. The Morgan fingerprint density at radius 3 is 2.81 bits per heavy atom. The summed E-state index contributed by atoms with van der Waals surface area (Å²) in [5, 5.41) is 2.09. The van der Waals surface area contributed by atoms with Crippen molar-refractivity contribution in [3.8, 4) is 0 Å². The van der Waals surface area contributed by atoms with Gasteiger partial charge in [0.1, 0.15) is 0 Å². The highest BCUT2D eigenvalue weighted by molar-refractivity contribution is 5.93. The number of nitrogens with one attached hydrogen (secondary N) is 1. The molecule has 112 valence electrons. The minimum atomic E-state index is -0.790. The van der Waals surface area contributed by atoms with Crippen LogP contribution in [0.1, 0.15) is 24.8 Å². The number of nitrogens with two attached hydrogens (primary N) is 1. The van der Waals surface area contributed by atoms with Gasteiger partial charge in [0.2, 0.25) is 5.91 Å². The molecule has 1 atom stereocenters. The normalized spacial score (nSPS) is 19.0. The Morgan fingerprint density at radius 1 is 1.33 bits per heavy atom. The van der Waals surface area contributed by atoms with Gasteiger partial charge in [-0.25, -0.2) is 4.79 Å². The van der Waals surface area contributed by atoms with E-state index in [2.05, 4.69) is 34.5 Å². The average Bonchev–Trinajstić information content (AvgIpc) is 2.91. The Kier molecular flexibility index (Phi) is 5.51. The molecule has 0 aromatic heterocycles. The molecular weight excluding hydrogens is 266 g/mol. The fourth-order valence-electron chi connectivity index (χ4n) is 2.58. The molecule has 1 fully saturated rings. The van der Waals surface area contributed by atoms with Crippen molar-refractivity contribution in [3.63, 3.8) is 0 Å². The van der Waals surface area contributed by atoms with Crippen LogP contribution in [0.25, 0.3) is 6.08 Å². The number of primary amides is 1. The second-order valence-electron chi connectivity index (χ2n) is 5.18. The van der Waals surface area contributed by atoms with E-state index in [0.717, 1.165) is 19.4 Å². The van der Waals surface area contributed by atoms with E-state index < -0.39 is 6.03 Å². The van der Waals surface area contributed by atoms with Gasteiger partial charge in [-0.3, -0.25) is 15.0 Å². The third-order valence-corrected chi connectivity index (χ3v) is 3.61. The topological polar surface area (TPSA) is 75.4 Å². The van der Waals surface area contributed by atoms with Crippen LogP contribution in [0.2, 0.25) is 0 Å². The lowest BCUT2D eigenvalue weighted by molar-refractivity contribution is -0.120. The molecule has 5 heteroatoms. The maximum atomic E-state index is 11.4. The van der Waals surface area contributed by atoms with Crippen LogP contribution in [0.3, 0.4) is 0 Å². The molecule has 21 heavy (non-hydrogen) atoms. The molecule has 1 unspecified atom stereocenters. The quantitative estimate of drug-likeness (QED) is 0.866. The summed E-state index contributed by atoms with van der Waals surface area (Å²) in [5.41, 5.74) is 6.10. The first-order valence-corrected chi connectivity index (χ1v) is 7.22. The fraction of sp³-hybridized carbons (Fsp3) is 0.375. The smallest absolute Gasteiger partial charge is 0.318 e. The van der Waals surface area contributed by atoms with Crippen molar-refractivity contribution in [1.82, 2.24) is 10.2 Å². The molecule has 1 aliphatic rings. The summed E-state index contributed by atoms with van der Waals surface area (Å²) >= 11 is 0. The molecule has 1 heterocycles. The van der Waals surface area contributed by atoms with Gasteiger partial charge in [0.25, 0.3) is 0 Å². The summed E-state index contributed by atoms with van der Waals surface area (Å²) < 4.78 is 0. The van der Waals surface area contributed by atoms with Crippen LogP contribution < -0.4 is 11.1 Å². The van der Waals surface area contributed by atoms with Crippen LogP contribution in [-0.4, -0.2) is 36.0 Å². The third kappa shape index (κ3) is 5.04. The zero-order chi connectivity index (χ0) is 15.1. The lowest BCUT2D eigenvalue weighted by atomic mass is 10.1. The molecule has 3 amide bonds. The lowest BCUT2D eigenvalue weighted by Crippen LogP contribution is -2.38. The van der Waals surface area contributed by atoms with Gasteiger partial charge in [-0.2, -0.15) is 0 Å². The van der Waals surface area contributed by atoms with Gasteiger partial charge in [-0.15, -0.1) is 0 Å². The summed E-state index contributed by atoms with van der Waals surface area (Å²) in [5.74, 6) is -0.319. The van der Waals surface area contributed by atoms with E-state index in [4.69, 9.17) is 5.73 Å². The van der Waals surface area contributed by atoms with Crippen molar-refractivity contribution in [3.05, 3.63) is 42.0 Å². The van der Waals surface area contributed by atoms with Crippen LogP contribution >= 0.6 is 0 Å². The predicted molar refractivity (Wildman–Crippen MR) is 82.4 cm³/mol. The molecule has 0 saturated carbocycles. The van der Waals surface area contributed by atoms with E-state index in [1.807, 2.05) is 18.2 Å². The third-order valence-electron chi connectivity index (χ3n) is 3.61. The van der Waals surface area contributed by atoms with Gasteiger partial charge in [0.05, 0.1) is 0 Å². The number of benzene rings is 1. The van der Waals surface area contributed by atoms with E-state index in [1.165, 1.54) is 5.56 Å². The first-order valence-electron chi connectivity index (χ1n) is 7.22. The average molecular weight is 287 g/mol. The number of carbonyl (C=O) groups is 2. The van der Waals surface area contributed by atoms with Crippen molar-refractivity contribution in [2.75, 3.05) is 13.1 Å². The van der Waals surface area contributed by atoms with E-state index in [1.54, 1.807) is 0 Å². The van der Waals surface area contributed by atoms with Gasteiger partial charge in [-0.05, 0) is 24.9 Å². The van der Waals surface area contributed by atoms with Gasteiger partial charge in [0, 0.05) is 19.0 Å². The van der Waals surface area contributed by atoms with Crippen LogP contribution in [0.15, 0.2) is 36.4 Å². The van der Waals surface area contributed by atoms with E-state index in [9.17, 15) is 9.59 Å². The molecule has 0 radical (unpaired) electrons. The first-order chi connectivity index (χ1) is 10.1. The van der Waals surface area contributed by atoms with E-state index in [0.29, 0.717) is 19.0 Å². The Hall–Kier alpha value is -2.14. The largest absolute Gasteiger partial charge is 0.351 e. The van der Waals surface area contributed by atoms with Crippen LogP contribution in [-0.2, 0) is 4.79 Å². The summed E-state index contributed by atoms with van der Waals surface area (Å²) in [6.45, 7) is 1.62. The maximum absolute atomic E-state index is 11.4. The number of carbonyl (C=O) groups excluding carboxylic acids is 2. The number of nitrogens with zero attached hydrogens (tertiary/aromatic N) is 1. The summed E-state index contributed by atoms with van der Waals surface area (Å²) in [4.78, 5) is 24.3. The maximum Gasteiger partial charge on any atom is 0.318 e. The number of likely N-dealkylation sites (tertiary alicyclic amines) is 1. The molecule has 0 spiro atoms. The van der Waals surface area contributed by atoms with Crippen molar-refractivity contribution in [1.29, 1.82) is 0 Å². The van der Waals surface area contributed by atoms with Gasteiger partial charge >= 0.3 is 6.03 Å². The second kappa shape index (κ2) is 7.59. The Balaban J connectivity index is 1.84. The SMILES string of the molecule is NC(=O)NC(=O)CCN1CCCC1C=Cc1ccccc1. The zero-order valence-electron chi connectivity index (χ0n) is 12.0. The molecular formula is C16H21N3O2. The highest BCUT2D eigenvalue weighted by atomic mass is 16.2. The summed E-state index contributed by atoms with van der Waals surface area (Å²) in [6, 6.07) is 9.72. The van der Waals surface area contributed by atoms with Crippen LogP contribution in [0, 0.1) is 0 Å². The van der Waals surface area contributed by atoms with E-state index in [-0.39, 0.29) is 5.91 Å². The molecule has 0 bridgehead atoms. The zero-order valence-corrected chi connectivity index (χ0v) is 12.0. The van der Waals surface area contributed by atoms with Crippen molar-refractivity contribution in [2.45, 2.75) is 25.3 Å². The summed E-state index contributed by atoms with van der Waals surface area (Å²) in [6.07, 6.45) is 6.82. The Morgan fingerprint density at radius 2 is 2.10 bits per heavy atom. The number of amides is 3. The molecule has 1 aromatic rings. The van der Waals surface area contributed by atoms with E-state index >= 15 is 0 Å². The Bertz CT molecular complexity index is 514. The number of imide groups is 1. The molecule has 0 aliphatic carbocycles. The van der Waals surface area contributed by atoms with Crippen molar-refractivity contribution in [2.24, 2.45) is 5.73 Å². The standard InChI is InChI=1S/C16H21N3O2/c17-16(21)18-15(20)10-12-19-11-4-7-14(19)9-8-13-5-2-1-3-6-13/h1-3,5-6,8-9,14H,4,7,10-12H2,(H3,17,18,20,21). The van der Waals surface area contributed by atoms with Gasteiger partial charge in [0.15, 0.2) is 0 Å². The molecule has 1 aliphatic heterocycles. The van der Waals surface area contributed by atoms with Gasteiger partial charge in [-0.1, -0.05) is 42.5 Å². The number of hydrogen-bond donors (Lipinski definition) is 2. The molecule has 5 nitrogen and oxygen atoms in total. The fourth-order valence-corrected chi connectivity index (χ4v) is 2.58. The van der Waals surface area contributed by atoms with Crippen LogP contribution in [0.5, 0.6) is 0 Å². The van der Waals surface area contributed by atoms with Gasteiger partial charge < -0.3 is 5.73 Å². The highest BCUT2D eigenvalue weighted by Gasteiger charge is 2.22. The van der Waals surface area contributed by atoms with Crippen molar-refractivity contribution < 1.29 is 9.59 Å². The Labute approximate surface area is 124 Å².